The Morgan fingerprint density at radius 3 is 2.52 bits per heavy atom. The van der Waals surface area contributed by atoms with E-state index in [9.17, 15) is 10.4 Å². The van der Waals surface area contributed by atoms with E-state index in [2.05, 4.69) is 16.4 Å². The lowest BCUT2D eigenvalue weighted by Gasteiger charge is -2.11. The molecule has 1 aromatic heterocycles. The lowest BCUT2D eigenvalue weighted by molar-refractivity contribution is 0.300. The van der Waals surface area contributed by atoms with Gasteiger partial charge in [-0.3, -0.25) is 9.56 Å². The molecule has 8 heteroatoms. The number of aliphatic imine (C=N–C) groups is 1. The average molecular weight is 429 g/mol. The van der Waals surface area contributed by atoms with Crippen molar-refractivity contribution >= 4 is 46.0 Å². The van der Waals surface area contributed by atoms with Crippen LogP contribution in [0.1, 0.15) is 5.56 Å². The number of aromatic nitrogens is 1. The minimum absolute atomic E-state index is 0.104. The first-order chi connectivity index (χ1) is 14.0. The van der Waals surface area contributed by atoms with Crippen molar-refractivity contribution in [3.63, 3.8) is 0 Å². The number of fused-ring (bicyclic) bond motifs is 1. The second kappa shape index (κ2) is 9.01. The Balaban J connectivity index is 2.28. The molecule has 0 aliphatic heterocycles. The van der Waals surface area contributed by atoms with Crippen LogP contribution in [0.25, 0.3) is 22.7 Å². The van der Waals surface area contributed by atoms with E-state index in [1.165, 1.54) is 7.05 Å². The van der Waals surface area contributed by atoms with Crippen molar-refractivity contribution in [2.24, 2.45) is 4.99 Å². The second-order valence-electron chi connectivity index (χ2n) is 6.05. The van der Waals surface area contributed by atoms with Crippen LogP contribution < -0.4 is 5.32 Å². The number of halogens is 2. The summed E-state index contributed by atoms with van der Waals surface area (Å²) in [6.07, 6.45) is 1.55. The predicted octanol–water partition coefficient (Wildman–Crippen LogP) is 4.16. The number of nitrogens with zero attached hydrogens (tertiary/aromatic N) is 3. The lowest BCUT2D eigenvalue weighted by atomic mass is 10.1. The molecule has 148 valence electrons. The number of hydrogen-bond acceptors (Lipinski definition) is 4. The van der Waals surface area contributed by atoms with Crippen LogP contribution in [0.5, 0.6) is 5.88 Å². The number of benzene rings is 2. The summed E-state index contributed by atoms with van der Waals surface area (Å²) in [6, 6.07) is 14.5. The highest BCUT2D eigenvalue weighted by Crippen LogP contribution is 2.40. The number of aliphatic hydroxyl groups excluding tert-OH is 1. The first-order valence-electron chi connectivity index (χ1n) is 8.74. The van der Waals surface area contributed by atoms with Gasteiger partial charge in [0, 0.05) is 24.5 Å². The minimum atomic E-state index is -0.105. The normalized spacial score (nSPS) is 12.2. The van der Waals surface area contributed by atoms with E-state index in [4.69, 9.17) is 28.3 Å². The van der Waals surface area contributed by atoms with Gasteiger partial charge in [-0.05, 0) is 24.3 Å². The summed E-state index contributed by atoms with van der Waals surface area (Å²) in [5.74, 6) is 0.208. The maximum absolute atomic E-state index is 11.1. The fourth-order valence-corrected chi connectivity index (χ4v) is 3.66. The van der Waals surface area contributed by atoms with Gasteiger partial charge in [-0.15, -0.1) is 0 Å². The molecular formula is C21H18Cl2N4O2. The van der Waals surface area contributed by atoms with Crippen molar-refractivity contribution < 1.29 is 10.2 Å². The lowest BCUT2D eigenvalue weighted by Crippen LogP contribution is -2.27. The topological polar surface area (TPSA) is 93.6 Å². The molecule has 0 radical (unpaired) electrons. The van der Waals surface area contributed by atoms with Gasteiger partial charge in [0.2, 0.25) is 5.88 Å². The molecule has 0 atom stereocenters. The molecule has 6 nitrogen and oxygen atoms in total. The monoisotopic (exact) mass is 428 g/mol. The van der Waals surface area contributed by atoms with Gasteiger partial charge in [0.05, 0.1) is 33.4 Å². The Morgan fingerprint density at radius 2 is 1.90 bits per heavy atom. The van der Waals surface area contributed by atoms with Crippen LogP contribution in [0.2, 0.25) is 10.0 Å². The summed E-state index contributed by atoms with van der Waals surface area (Å²) in [6.45, 7) is 0.141. The summed E-state index contributed by atoms with van der Waals surface area (Å²) >= 11 is 12.7. The molecule has 1 heterocycles. The minimum Gasteiger partial charge on any atom is -0.494 e. The molecular weight excluding hydrogens is 411 g/mol. The highest BCUT2D eigenvalue weighted by atomic mass is 35.5. The molecule has 29 heavy (non-hydrogen) atoms. The van der Waals surface area contributed by atoms with E-state index < -0.39 is 0 Å². The molecule has 0 aliphatic carbocycles. The molecule has 0 spiro atoms. The summed E-state index contributed by atoms with van der Waals surface area (Å²) in [5.41, 5.74) is 1.77. The Labute approximate surface area is 177 Å². The van der Waals surface area contributed by atoms with Crippen LogP contribution in [0.15, 0.2) is 53.0 Å². The van der Waals surface area contributed by atoms with Crippen LogP contribution in [0.4, 0.5) is 0 Å². The number of nitrogens with one attached hydrogen (secondary N) is 1. The zero-order valence-corrected chi connectivity index (χ0v) is 17.0. The molecule has 2 aromatic carbocycles. The molecule has 0 amide bonds. The van der Waals surface area contributed by atoms with Crippen molar-refractivity contribution in [1.82, 2.24) is 9.88 Å². The van der Waals surface area contributed by atoms with E-state index in [1.807, 2.05) is 24.3 Å². The van der Waals surface area contributed by atoms with Crippen LogP contribution in [-0.4, -0.2) is 40.8 Å². The standard InChI is InChI=1S/C21H18Cl2N4O2/c1-25-20(26-9-10-28)13(12-24)11-15-14-5-2-3-8-18(14)27(21(15)29)19-16(22)6-4-7-17(19)23/h2-8,11,28-29H,9-10H2,1H3,(H,25,26)/b13-11+. The maximum atomic E-state index is 11.1. The quantitative estimate of drug-likeness (QED) is 0.323. The van der Waals surface area contributed by atoms with Crippen LogP contribution in [0.3, 0.4) is 0 Å². The third kappa shape index (κ3) is 3.94. The Hall–Kier alpha value is -2.98. The zero-order valence-electron chi connectivity index (χ0n) is 15.5. The van der Waals surface area contributed by atoms with Gasteiger partial charge >= 0.3 is 0 Å². The molecule has 0 bridgehead atoms. The summed E-state index contributed by atoms with van der Waals surface area (Å²) in [4.78, 5) is 4.07. The van der Waals surface area contributed by atoms with Gasteiger partial charge in [-0.2, -0.15) is 5.26 Å². The molecule has 0 saturated carbocycles. The van der Waals surface area contributed by atoms with E-state index in [0.717, 1.165) is 0 Å². The predicted molar refractivity (Wildman–Crippen MR) is 117 cm³/mol. The largest absolute Gasteiger partial charge is 0.494 e. The van der Waals surface area contributed by atoms with Crippen molar-refractivity contribution in [3.05, 3.63) is 63.6 Å². The highest BCUT2D eigenvalue weighted by Gasteiger charge is 2.21. The highest BCUT2D eigenvalue weighted by molar-refractivity contribution is 6.38. The fraction of sp³-hybridized carbons (Fsp3) is 0.143. The smallest absolute Gasteiger partial charge is 0.204 e. The average Bonchev–Trinajstić information content (AvgIpc) is 2.99. The van der Waals surface area contributed by atoms with Gasteiger partial charge < -0.3 is 15.5 Å². The van der Waals surface area contributed by atoms with Crippen LogP contribution >= 0.6 is 23.2 Å². The first-order valence-corrected chi connectivity index (χ1v) is 9.49. The van der Waals surface area contributed by atoms with Gasteiger partial charge in [0.25, 0.3) is 0 Å². The Kier molecular flexibility index (Phi) is 6.45. The number of hydrogen-bond donors (Lipinski definition) is 3. The van der Waals surface area contributed by atoms with E-state index >= 15 is 0 Å². The van der Waals surface area contributed by atoms with E-state index in [0.29, 0.717) is 38.0 Å². The third-order valence-corrected chi connectivity index (χ3v) is 4.95. The van der Waals surface area contributed by atoms with Crippen molar-refractivity contribution in [3.8, 4) is 17.6 Å². The summed E-state index contributed by atoms with van der Waals surface area (Å²) in [7, 11) is 1.54. The number of rotatable bonds is 5. The van der Waals surface area contributed by atoms with Crippen LogP contribution in [-0.2, 0) is 0 Å². The third-order valence-electron chi connectivity index (χ3n) is 4.34. The SMILES string of the molecule is CN=C(NCCO)/C(C#N)=C/c1c(O)n(-c2c(Cl)cccc2Cl)c2ccccc12. The summed E-state index contributed by atoms with van der Waals surface area (Å²) < 4.78 is 1.56. The molecule has 0 unspecified atom stereocenters. The molecule has 3 rings (SSSR count). The van der Waals surface area contributed by atoms with Crippen molar-refractivity contribution in [1.29, 1.82) is 5.26 Å². The number of nitriles is 1. The van der Waals surface area contributed by atoms with Crippen LogP contribution in [0, 0.1) is 11.3 Å². The van der Waals surface area contributed by atoms with Gasteiger partial charge in [-0.25, -0.2) is 0 Å². The number of para-hydroxylation sites is 2. The maximum Gasteiger partial charge on any atom is 0.204 e. The molecule has 3 N–H and O–H groups in total. The van der Waals surface area contributed by atoms with Gasteiger partial charge in [0.15, 0.2) is 0 Å². The second-order valence-corrected chi connectivity index (χ2v) is 6.87. The fourth-order valence-electron chi connectivity index (χ4n) is 3.09. The zero-order chi connectivity index (χ0) is 21.0. The number of aliphatic hydroxyl groups is 1. The van der Waals surface area contributed by atoms with Gasteiger partial charge in [-0.1, -0.05) is 47.5 Å². The molecule has 0 fully saturated rings. The number of aromatic hydroxyl groups is 1. The molecule has 0 saturated heterocycles. The van der Waals surface area contributed by atoms with E-state index in [1.54, 1.807) is 28.8 Å². The van der Waals surface area contributed by atoms with Crippen molar-refractivity contribution in [2.75, 3.05) is 20.2 Å². The first kappa shape index (κ1) is 20.7. The summed E-state index contributed by atoms with van der Waals surface area (Å²) in [5, 5.41) is 34.1. The van der Waals surface area contributed by atoms with E-state index in [-0.39, 0.29) is 24.6 Å². The number of amidine groups is 1. The molecule has 0 aliphatic rings. The van der Waals surface area contributed by atoms with Crippen molar-refractivity contribution in [2.45, 2.75) is 0 Å². The Morgan fingerprint density at radius 1 is 1.21 bits per heavy atom. The van der Waals surface area contributed by atoms with Gasteiger partial charge in [0.1, 0.15) is 11.9 Å². The Bertz CT molecular complexity index is 1140. The molecule has 3 aromatic rings.